The maximum absolute atomic E-state index is 9.48. The van der Waals surface area contributed by atoms with Crippen LogP contribution < -0.4 is 0 Å². The smallest absolute Gasteiger partial charge is 0.164 e. The Morgan fingerprint density at radius 3 is 1.43 bits per heavy atom. The van der Waals surface area contributed by atoms with Crippen molar-refractivity contribution >= 4 is 21.8 Å². The number of rotatable bonds is 6. The lowest BCUT2D eigenvalue weighted by Crippen LogP contribution is -2.42. The third kappa shape index (κ3) is 6.78. The standard InChI is InChI=1S/C56H57N5/c1-35-23-40-24-36(2)29-55(28-35,32-40)45-16-11-42(12-17-45)52-58-53(43-13-18-46(19-14-43)56-30-37(3)25-41(33-56)26-38(4)31-56)60-54(59-52)44-15-22-51-49(27-44)48-7-5-6-8-50(48)61(51)47-20-9-39(34-57)10-21-47/h5-22,27,35-38,40-41H,23-26,28-33H2,1-4H3/t35-,36+,37-,38+,40?,41?,55?,56?. The second-order valence-electron chi connectivity index (χ2n) is 20.6. The van der Waals surface area contributed by atoms with Crippen LogP contribution in [0.15, 0.2) is 115 Å². The molecule has 11 rings (SSSR count). The van der Waals surface area contributed by atoms with E-state index in [0.29, 0.717) is 23.0 Å². The first-order valence-corrected chi connectivity index (χ1v) is 23.2. The lowest BCUT2D eigenvalue weighted by molar-refractivity contribution is 0.0779. The summed E-state index contributed by atoms with van der Waals surface area (Å²) in [5.74, 6) is 6.86. The third-order valence-electron chi connectivity index (χ3n) is 15.6. The van der Waals surface area contributed by atoms with Crippen LogP contribution in [0.4, 0.5) is 0 Å². The van der Waals surface area contributed by atoms with Gasteiger partial charge in [0.25, 0.3) is 0 Å². The van der Waals surface area contributed by atoms with E-state index in [-0.39, 0.29) is 10.8 Å². The Bertz CT molecular complexity index is 2660. The lowest BCUT2D eigenvalue weighted by atomic mass is 9.54. The topological polar surface area (TPSA) is 67.4 Å². The van der Waals surface area contributed by atoms with Crippen LogP contribution >= 0.6 is 0 Å². The van der Waals surface area contributed by atoms with Gasteiger partial charge in [0, 0.05) is 33.2 Å². The molecule has 0 spiro atoms. The summed E-state index contributed by atoms with van der Waals surface area (Å²) in [4.78, 5) is 15.8. The Morgan fingerprint density at radius 2 is 0.934 bits per heavy atom. The van der Waals surface area contributed by atoms with Crippen LogP contribution in [0, 0.1) is 46.8 Å². The van der Waals surface area contributed by atoms with E-state index < -0.39 is 0 Å². The molecule has 4 unspecified atom stereocenters. The largest absolute Gasteiger partial charge is 0.309 e. The van der Waals surface area contributed by atoms with Crippen molar-refractivity contribution in [3.63, 3.8) is 0 Å². The van der Waals surface area contributed by atoms with Gasteiger partial charge in [-0.2, -0.15) is 5.26 Å². The summed E-state index contributed by atoms with van der Waals surface area (Å²) in [5.41, 5.74) is 10.4. The minimum absolute atomic E-state index is 0.272. The normalized spacial score (nSPS) is 28.4. The van der Waals surface area contributed by atoms with Gasteiger partial charge in [-0.15, -0.1) is 0 Å². The molecule has 4 aliphatic rings. The molecule has 7 aromatic rings. The minimum atomic E-state index is 0.272. The van der Waals surface area contributed by atoms with Crippen LogP contribution in [0.1, 0.15) is 109 Å². The van der Waals surface area contributed by atoms with Gasteiger partial charge in [0.2, 0.25) is 0 Å². The Morgan fingerprint density at radius 1 is 0.492 bits per heavy atom. The van der Waals surface area contributed by atoms with Gasteiger partial charge in [-0.1, -0.05) is 94.4 Å². The van der Waals surface area contributed by atoms with E-state index >= 15 is 0 Å². The molecule has 0 N–H and O–H groups in total. The molecule has 306 valence electrons. The Hall–Kier alpha value is -5.60. The maximum Gasteiger partial charge on any atom is 0.164 e. The fourth-order valence-corrected chi connectivity index (χ4v) is 13.9. The zero-order chi connectivity index (χ0) is 41.5. The zero-order valence-corrected chi connectivity index (χ0v) is 36.2. The van der Waals surface area contributed by atoms with E-state index in [2.05, 4.69) is 129 Å². The van der Waals surface area contributed by atoms with Crippen molar-refractivity contribution in [3.8, 4) is 45.9 Å². The Labute approximate surface area is 361 Å². The summed E-state index contributed by atoms with van der Waals surface area (Å²) < 4.78 is 2.28. The van der Waals surface area contributed by atoms with Gasteiger partial charge in [0.05, 0.1) is 22.7 Å². The number of nitrogens with zero attached hydrogens (tertiary/aromatic N) is 5. The predicted molar refractivity (Wildman–Crippen MR) is 248 cm³/mol. The van der Waals surface area contributed by atoms with E-state index in [1.807, 2.05) is 24.3 Å². The molecule has 5 nitrogen and oxygen atoms in total. The Kier molecular flexibility index (Phi) is 9.30. The van der Waals surface area contributed by atoms with Gasteiger partial charge in [0.15, 0.2) is 17.5 Å². The van der Waals surface area contributed by atoms with Gasteiger partial charge in [-0.05, 0) is 170 Å². The molecule has 4 fully saturated rings. The molecule has 0 saturated heterocycles. The number of hydrogen-bond acceptors (Lipinski definition) is 4. The maximum atomic E-state index is 9.48. The summed E-state index contributed by atoms with van der Waals surface area (Å²) in [5, 5.41) is 11.8. The molecule has 5 aromatic carbocycles. The highest BCUT2D eigenvalue weighted by Crippen LogP contribution is 2.55. The van der Waals surface area contributed by atoms with Crippen LogP contribution in [0.3, 0.4) is 0 Å². The molecule has 4 aliphatic carbocycles. The average Bonchev–Trinajstić information content (AvgIpc) is 3.59. The first-order chi connectivity index (χ1) is 29.6. The second-order valence-corrected chi connectivity index (χ2v) is 20.6. The first-order valence-electron chi connectivity index (χ1n) is 23.2. The van der Waals surface area contributed by atoms with E-state index in [1.165, 1.54) is 75.3 Å². The van der Waals surface area contributed by atoms with Crippen LogP contribution in [0.25, 0.3) is 61.7 Å². The first kappa shape index (κ1) is 38.3. The van der Waals surface area contributed by atoms with Crippen LogP contribution in [0.5, 0.6) is 0 Å². The predicted octanol–water partition coefficient (Wildman–Crippen LogP) is 14.0. The highest BCUT2D eigenvalue weighted by atomic mass is 15.0. The van der Waals surface area contributed by atoms with Crippen molar-refractivity contribution in [1.82, 2.24) is 19.5 Å². The molecule has 2 aromatic heterocycles. The van der Waals surface area contributed by atoms with Crippen LogP contribution in [-0.4, -0.2) is 19.5 Å². The third-order valence-corrected chi connectivity index (χ3v) is 15.6. The SMILES string of the molecule is C[C@@H]1CC2C[C@H](C)CC(c3ccc(-c4nc(-c5ccc(C67CC(C[C@@H](C)C6)C[C@H](C)C7)cc5)nc(-c5ccc6c(c5)c5ccccc5n6-c5ccc(C#N)cc5)n4)cc3)(C2)C1. The number of para-hydroxylation sites is 1. The van der Waals surface area contributed by atoms with Gasteiger partial charge in [0.1, 0.15) is 0 Å². The highest BCUT2D eigenvalue weighted by molar-refractivity contribution is 6.10. The lowest BCUT2D eigenvalue weighted by Gasteiger charge is -2.50. The van der Waals surface area contributed by atoms with Crippen molar-refractivity contribution in [2.45, 2.75) is 103 Å². The van der Waals surface area contributed by atoms with E-state index in [4.69, 9.17) is 15.0 Å². The average molecular weight is 800 g/mol. The monoisotopic (exact) mass is 799 g/mol. The minimum Gasteiger partial charge on any atom is -0.309 e. The molecule has 61 heavy (non-hydrogen) atoms. The van der Waals surface area contributed by atoms with Crippen molar-refractivity contribution in [2.75, 3.05) is 0 Å². The molecule has 5 heteroatoms. The number of aromatic nitrogens is 4. The van der Waals surface area contributed by atoms with E-state index in [1.54, 1.807) is 0 Å². The molecule has 4 bridgehead atoms. The molecule has 0 radical (unpaired) electrons. The molecule has 8 atom stereocenters. The summed E-state index contributed by atoms with van der Waals surface area (Å²) in [7, 11) is 0. The van der Waals surface area contributed by atoms with Gasteiger partial charge in [-0.3, -0.25) is 0 Å². The fourth-order valence-electron chi connectivity index (χ4n) is 13.9. The molecule has 2 heterocycles. The molecule has 0 amide bonds. The van der Waals surface area contributed by atoms with Crippen LogP contribution in [0.2, 0.25) is 0 Å². The number of nitriles is 1. The molecular weight excluding hydrogens is 743 g/mol. The molecule has 0 aliphatic heterocycles. The summed E-state index contributed by atoms with van der Waals surface area (Å²) in [6.07, 6.45) is 13.3. The van der Waals surface area contributed by atoms with Crippen molar-refractivity contribution < 1.29 is 0 Å². The fraction of sp³-hybridized carbons (Fsp3) is 0.393. The van der Waals surface area contributed by atoms with Gasteiger partial charge < -0.3 is 4.57 Å². The summed E-state index contributed by atoms with van der Waals surface area (Å²) in [6, 6.07) is 44.0. The Balaban J connectivity index is 1.02. The number of hydrogen-bond donors (Lipinski definition) is 0. The summed E-state index contributed by atoms with van der Waals surface area (Å²) >= 11 is 0. The van der Waals surface area contributed by atoms with E-state index in [9.17, 15) is 5.26 Å². The van der Waals surface area contributed by atoms with E-state index in [0.717, 1.165) is 79.7 Å². The van der Waals surface area contributed by atoms with Crippen molar-refractivity contribution in [2.24, 2.45) is 35.5 Å². The highest BCUT2D eigenvalue weighted by Gasteiger charge is 2.46. The van der Waals surface area contributed by atoms with Crippen LogP contribution in [-0.2, 0) is 10.8 Å². The number of benzene rings is 5. The van der Waals surface area contributed by atoms with Gasteiger partial charge >= 0.3 is 0 Å². The molecule has 4 saturated carbocycles. The summed E-state index contributed by atoms with van der Waals surface area (Å²) in [6.45, 7) is 9.87. The molecular formula is C56H57N5. The quantitative estimate of drug-likeness (QED) is 0.168. The van der Waals surface area contributed by atoms with Crippen molar-refractivity contribution in [3.05, 3.63) is 132 Å². The van der Waals surface area contributed by atoms with Gasteiger partial charge in [-0.25, -0.2) is 15.0 Å². The number of fused-ring (bicyclic) bond motifs is 7. The second kappa shape index (κ2) is 14.8. The van der Waals surface area contributed by atoms with Crippen molar-refractivity contribution in [1.29, 1.82) is 5.26 Å². The zero-order valence-electron chi connectivity index (χ0n) is 36.2.